The molecular formula is C18H33N3. The Labute approximate surface area is 130 Å². The van der Waals surface area contributed by atoms with Gasteiger partial charge in [-0.25, -0.2) is 0 Å². The van der Waals surface area contributed by atoms with Crippen LogP contribution in [0, 0.1) is 17.8 Å². The predicted octanol–water partition coefficient (Wildman–Crippen LogP) is 2.25. The fourth-order valence-electron chi connectivity index (χ4n) is 4.77. The quantitative estimate of drug-likeness (QED) is 0.764. The summed E-state index contributed by atoms with van der Waals surface area (Å²) < 4.78 is 0. The van der Waals surface area contributed by atoms with Crippen molar-refractivity contribution in [3.05, 3.63) is 11.6 Å². The third-order valence-electron chi connectivity index (χ3n) is 6.38. The first-order chi connectivity index (χ1) is 10.1. The minimum absolute atomic E-state index is 0.432. The molecule has 1 spiro atoms. The predicted molar refractivity (Wildman–Crippen MR) is 89.5 cm³/mol. The van der Waals surface area contributed by atoms with Gasteiger partial charge in [-0.1, -0.05) is 25.5 Å². The number of rotatable bonds is 2. The molecule has 3 nitrogen and oxygen atoms in total. The van der Waals surface area contributed by atoms with E-state index in [2.05, 4.69) is 42.4 Å². The maximum atomic E-state index is 3.66. The van der Waals surface area contributed by atoms with Crippen molar-refractivity contribution in [2.75, 3.05) is 39.3 Å². The molecule has 3 rings (SSSR count). The van der Waals surface area contributed by atoms with Gasteiger partial charge in [0, 0.05) is 31.7 Å². The topological polar surface area (TPSA) is 27.3 Å². The zero-order valence-electron chi connectivity index (χ0n) is 14.1. The van der Waals surface area contributed by atoms with E-state index in [-0.39, 0.29) is 0 Å². The Morgan fingerprint density at radius 3 is 2.71 bits per heavy atom. The van der Waals surface area contributed by atoms with E-state index in [0.29, 0.717) is 5.54 Å². The summed E-state index contributed by atoms with van der Waals surface area (Å²) in [6.07, 6.45) is 6.43. The molecule has 3 aliphatic rings. The maximum absolute atomic E-state index is 3.66. The highest BCUT2D eigenvalue weighted by Crippen LogP contribution is 2.36. The van der Waals surface area contributed by atoms with E-state index in [1.165, 1.54) is 58.5 Å². The van der Waals surface area contributed by atoms with Gasteiger partial charge in [0.15, 0.2) is 0 Å². The minimum Gasteiger partial charge on any atom is -0.317 e. The average Bonchev–Trinajstić information content (AvgIpc) is 2.47. The Balaban J connectivity index is 1.71. The molecule has 0 aromatic rings. The smallest absolute Gasteiger partial charge is 0.0358 e. The van der Waals surface area contributed by atoms with Crippen molar-refractivity contribution in [3.63, 3.8) is 0 Å². The molecule has 2 heterocycles. The van der Waals surface area contributed by atoms with Gasteiger partial charge in [-0.3, -0.25) is 4.90 Å². The van der Waals surface area contributed by atoms with Crippen LogP contribution in [0.4, 0.5) is 0 Å². The van der Waals surface area contributed by atoms with Crippen molar-refractivity contribution in [1.29, 1.82) is 0 Å². The first-order valence-corrected chi connectivity index (χ1v) is 8.94. The van der Waals surface area contributed by atoms with Crippen molar-refractivity contribution < 1.29 is 0 Å². The number of nitrogens with one attached hydrogen (secondary N) is 2. The van der Waals surface area contributed by atoms with Gasteiger partial charge in [0.05, 0.1) is 0 Å². The van der Waals surface area contributed by atoms with Crippen LogP contribution in [0.15, 0.2) is 11.6 Å². The standard InChI is InChI=1S/C18H33N3/c1-14-10-15(2)16(3)17(11-14)12-21-9-8-20-13-18(21)4-6-19-7-5-18/h10,15-17,19-20H,4-9,11-13H2,1-3H3. The van der Waals surface area contributed by atoms with E-state index in [4.69, 9.17) is 0 Å². The van der Waals surface area contributed by atoms with Crippen molar-refractivity contribution in [2.45, 2.75) is 45.6 Å². The number of hydrogen-bond donors (Lipinski definition) is 2. The van der Waals surface area contributed by atoms with Crippen molar-refractivity contribution >= 4 is 0 Å². The van der Waals surface area contributed by atoms with Gasteiger partial charge in [-0.05, 0) is 57.0 Å². The van der Waals surface area contributed by atoms with Gasteiger partial charge in [0.1, 0.15) is 0 Å². The van der Waals surface area contributed by atoms with Crippen LogP contribution in [0.3, 0.4) is 0 Å². The first-order valence-electron chi connectivity index (χ1n) is 8.94. The Morgan fingerprint density at radius 2 is 1.95 bits per heavy atom. The number of piperazine rings is 1. The highest BCUT2D eigenvalue weighted by atomic mass is 15.3. The number of nitrogens with zero attached hydrogens (tertiary/aromatic N) is 1. The van der Waals surface area contributed by atoms with E-state index in [1.54, 1.807) is 5.57 Å². The molecule has 2 aliphatic heterocycles. The fraction of sp³-hybridized carbons (Fsp3) is 0.889. The van der Waals surface area contributed by atoms with Crippen LogP contribution in [-0.4, -0.2) is 49.7 Å². The highest BCUT2D eigenvalue weighted by molar-refractivity contribution is 5.09. The fourth-order valence-corrected chi connectivity index (χ4v) is 4.77. The molecule has 0 radical (unpaired) electrons. The van der Waals surface area contributed by atoms with E-state index in [0.717, 1.165) is 17.8 Å². The van der Waals surface area contributed by atoms with Gasteiger partial charge in [0.2, 0.25) is 0 Å². The molecule has 21 heavy (non-hydrogen) atoms. The van der Waals surface area contributed by atoms with E-state index >= 15 is 0 Å². The maximum Gasteiger partial charge on any atom is 0.0358 e. The summed E-state index contributed by atoms with van der Waals surface area (Å²) in [4.78, 5) is 2.86. The molecule has 0 bridgehead atoms. The van der Waals surface area contributed by atoms with Crippen molar-refractivity contribution in [3.8, 4) is 0 Å². The Hall–Kier alpha value is -0.380. The molecule has 2 saturated heterocycles. The molecule has 3 unspecified atom stereocenters. The molecule has 0 aromatic carbocycles. The third kappa shape index (κ3) is 3.20. The van der Waals surface area contributed by atoms with E-state index < -0.39 is 0 Å². The zero-order chi connectivity index (χ0) is 14.9. The Kier molecular flexibility index (Phi) is 4.72. The summed E-state index contributed by atoms with van der Waals surface area (Å²) in [6.45, 7) is 14.5. The van der Waals surface area contributed by atoms with E-state index in [9.17, 15) is 0 Å². The number of hydrogen-bond acceptors (Lipinski definition) is 3. The highest BCUT2D eigenvalue weighted by Gasteiger charge is 2.41. The summed E-state index contributed by atoms with van der Waals surface area (Å²) in [5.41, 5.74) is 2.04. The van der Waals surface area contributed by atoms with Crippen LogP contribution in [-0.2, 0) is 0 Å². The molecule has 2 N–H and O–H groups in total. The van der Waals surface area contributed by atoms with Crippen LogP contribution >= 0.6 is 0 Å². The number of allylic oxidation sites excluding steroid dienone is 2. The molecule has 0 saturated carbocycles. The molecule has 2 fully saturated rings. The second-order valence-electron chi connectivity index (χ2n) is 7.79. The van der Waals surface area contributed by atoms with Crippen molar-refractivity contribution in [1.82, 2.24) is 15.5 Å². The third-order valence-corrected chi connectivity index (χ3v) is 6.38. The first kappa shape index (κ1) is 15.5. The zero-order valence-corrected chi connectivity index (χ0v) is 14.1. The molecule has 120 valence electrons. The second kappa shape index (κ2) is 6.39. The van der Waals surface area contributed by atoms with Crippen LogP contribution < -0.4 is 10.6 Å². The van der Waals surface area contributed by atoms with Gasteiger partial charge in [-0.15, -0.1) is 0 Å². The van der Waals surface area contributed by atoms with Crippen LogP contribution in [0.2, 0.25) is 0 Å². The second-order valence-corrected chi connectivity index (χ2v) is 7.79. The summed E-state index contributed by atoms with van der Waals surface area (Å²) in [5, 5.41) is 7.20. The summed E-state index contributed by atoms with van der Waals surface area (Å²) in [7, 11) is 0. The normalized spacial score (nSPS) is 37.5. The lowest BCUT2D eigenvalue weighted by Crippen LogP contribution is -2.65. The van der Waals surface area contributed by atoms with Crippen LogP contribution in [0.5, 0.6) is 0 Å². The van der Waals surface area contributed by atoms with Crippen molar-refractivity contribution in [2.24, 2.45) is 17.8 Å². The lowest BCUT2D eigenvalue weighted by molar-refractivity contribution is 0.0100. The van der Waals surface area contributed by atoms with Gasteiger partial charge in [0.25, 0.3) is 0 Å². The molecule has 3 atom stereocenters. The Bertz CT molecular complexity index is 376. The molecule has 0 amide bonds. The minimum atomic E-state index is 0.432. The molecule has 0 aromatic heterocycles. The van der Waals surface area contributed by atoms with Crippen LogP contribution in [0.25, 0.3) is 0 Å². The summed E-state index contributed by atoms with van der Waals surface area (Å²) in [6, 6.07) is 0. The lowest BCUT2D eigenvalue weighted by atomic mass is 9.74. The lowest BCUT2D eigenvalue weighted by Gasteiger charge is -2.52. The van der Waals surface area contributed by atoms with Gasteiger partial charge in [-0.2, -0.15) is 0 Å². The Morgan fingerprint density at radius 1 is 1.19 bits per heavy atom. The average molecular weight is 291 g/mol. The SMILES string of the molecule is CC1=CC(C)C(C)C(CN2CCNCC23CCNCC3)C1. The van der Waals surface area contributed by atoms with Gasteiger partial charge < -0.3 is 10.6 Å². The summed E-state index contributed by atoms with van der Waals surface area (Å²) in [5.74, 6) is 2.41. The number of piperidine rings is 1. The molecule has 3 heteroatoms. The summed E-state index contributed by atoms with van der Waals surface area (Å²) >= 11 is 0. The van der Waals surface area contributed by atoms with Gasteiger partial charge >= 0.3 is 0 Å². The molecule has 1 aliphatic carbocycles. The largest absolute Gasteiger partial charge is 0.317 e. The van der Waals surface area contributed by atoms with E-state index in [1.807, 2.05) is 0 Å². The van der Waals surface area contributed by atoms with Crippen LogP contribution in [0.1, 0.15) is 40.0 Å². The monoisotopic (exact) mass is 291 g/mol. The molecular weight excluding hydrogens is 258 g/mol.